The Morgan fingerprint density at radius 3 is 2.70 bits per heavy atom. The molecule has 0 spiro atoms. The largest absolute Gasteiger partial charge is 0.396 e. The molecule has 0 aliphatic rings. The van der Waals surface area contributed by atoms with Crippen molar-refractivity contribution < 1.29 is 9.90 Å². The Morgan fingerprint density at radius 1 is 1.55 bits per heavy atom. The van der Waals surface area contributed by atoms with Crippen molar-refractivity contribution in [1.29, 1.82) is 0 Å². The summed E-state index contributed by atoms with van der Waals surface area (Å²) in [6, 6.07) is -0.272. The highest BCUT2D eigenvalue weighted by Crippen LogP contribution is 2.21. The van der Waals surface area contributed by atoms with Crippen molar-refractivity contribution in [3.8, 4) is 0 Å². The van der Waals surface area contributed by atoms with Gasteiger partial charge in [-0.15, -0.1) is 11.3 Å². The number of carbonyl (C=O) groups is 1. The number of hydrogen-bond acceptors (Lipinski definition) is 4. The van der Waals surface area contributed by atoms with E-state index in [2.05, 4.69) is 15.6 Å². The molecular formula is C14H25N3O2S. The van der Waals surface area contributed by atoms with Gasteiger partial charge in [0.15, 0.2) is 0 Å². The summed E-state index contributed by atoms with van der Waals surface area (Å²) in [5, 5.41) is 17.9. The molecule has 0 saturated carbocycles. The van der Waals surface area contributed by atoms with Crippen LogP contribution in [0.2, 0.25) is 0 Å². The molecule has 2 atom stereocenters. The van der Waals surface area contributed by atoms with E-state index in [1.54, 1.807) is 11.3 Å². The lowest BCUT2D eigenvalue weighted by molar-refractivity contribution is 0.198. The van der Waals surface area contributed by atoms with Crippen LogP contribution in [-0.4, -0.2) is 28.3 Å². The van der Waals surface area contributed by atoms with E-state index < -0.39 is 0 Å². The first-order chi connectivity index (χ1) is 9.44. The van der Waals surface area contributed by atoms with Crippen LogP contribution in [0.4, 0.5) is 4.79 Å². The van der Waals surface area contributed by atoms with Gasteiger partial charge in [0, 0.05) is 23.2 Å². The van der Waals surface area contributed by atoms with Crippen LogP contribution in [0, 0.1) is 6.92 Å². The van der Waals surface area contributed by atoms with Crippen molar-refractivity contribution in [1.82, 2.24) is 15.6 Å². The molecule has 0 radical (unpaired) electrons. The quantitative estimate of drug-likeness (QED) is 0.724. The zero-order valence-corrected chi connectivity index (χ0v) is 13.5. The maximum Gasteiger partial charge on any atom is 0.315 e. The Bertz CT molecular complexity index is 436. The molecule has 1 aromatic heterocycles. The molecule has 1 rings (SSSR count). The SMILES string of the molecule is CCC(NC(=O)NC(C)(CC)CCO)c1nc(C)cs1. The molecule has 114 valence electrons. The van der Waals surface area contributed by atoms with E-state index in [0.717, 1.165) is 23.5 Å². The topological polar surface area (TPSA) is 74.2 Å². The molecule has 1 heterocycles. The summed E-state index contributed by atoms with van der Waals surface area (Å²) >= 11 is 1.56. The fourth-order valence-corrected chi connectivity index (χ4v) is 2.84. The van der Waals surface area contributed by atoms with Crippen LogP contribution in [-0.2, 0) is 0 Å². The smallest absolute Gasteiger partial charge is 0.315 e. The summed E-state index contributed by atoms with van der Waals surface area (Å²) in [7, 11) is 0. The predicted molar refractivity (Wildman–Crippen MR) is 81.9 cm³/mol. The van der Waals surface area contributed by atoms with E-state index in [1.807, 2.05) is 33.1 Å². The minimum Gasteiger partial charge on any atom is -0.396 e. The highest BCUT2D eigenvalue weighted by Gasteiger charge is 2.25. The Morgan fingerprint density at radius 2 is 2.25 bits per heavy atom. The predicted octanol–water partition coefficient (Wildman–Crippen LogP) is 2.75. The number of rotatable bonds is 7. The van der Waals surface area contributed by atoms with Gasteiger partial charge in [0.05, 0.1) is 6.04 Å². The van der Waals surface area contributed by atoms with Crippen molar-refractivity contribution in [2.75, 3.05) is 6.61 Å². The van der Waals surface area contributed by atoms with E-state index in [9.17, 15) is 4.79 Å². The molecule has 3 N–H and O–H groups in total. The number of nitrogens with zero attached hydrogens (tertiary/aromatic N) is 1. The number of aryl methyl sites for hydroxylation is 1. The Hall–Kier alpha value is -1.14. The third-order valence-electron chi connectivity index (χ3n) is 3.51. The van der Waals surface area contributed by atoms with E-state index in [1.165, 1.54) is 0 Å². The van der Waals surface area contributed by atoms with Gasteiger partial charge < -0.3 is 15.7 Å². The zero-order chi connectivity index (χ0) is 15.2. The highest BCUT2D eigenvalue weighted by molar-refractivity contribution is 7.09. The minimum atomic E-state index is -0.379. The molecule has 2 unspecified atom stereocenters. The number of thiazole rings is 1. The van der Waals surface area contributed by atoms with Gasteiger partial charge in [-0.1, -0.05) is 13.8 Å². The molecule has 5 nitrogen and oxygen atoms in total. The van der Waals surface area contributed by atoms with Crippen LogP contribution in [0.15, 0.2) is 5.38 Å². The standard InChI is InChI=1S/C14H25N3O2S/c1-5-11(12-15-10(3)9-20-12)16-13(19)17-14(4,6-2)7-8-18/h9,11,18H,5-8H2,1-4H3,(H2,16,17,19). The summed E-state index contributed by atoms with van der Waals surface area (Å²) in [6.45, 7) is 7.97. The van der Waals surface area contributed by atoms with Crippen LogP contribution in [0.25, 0.3) is 0 Å². The van der Waals surface area contributed by atoms with Crippen LogP contribution >= 0.6 is 11.3 Å². The number of amides is 2. The Labute approximate surface area is 124 Å². The first kappa shape index (κ1) is 16.9. The second-order valence-corrected chi connectivity index (χ2v) is 6.16. The highest BCUT2D eigenvalue weighted by atomic mass is 32.1. The number of carbonyl (C=O) groups excluding carboxylic acids is 1. The summed E-state index contributed by atoms with van der Waals surface area (Å²) in [4.78, 5) is 16.5. The lowest BCUT2D eigenvalue weighted by Crippen LogP contribution is -2.51. The lowest BCUT2D eigenvalue weighted by Gasteiger charge is -2.30. The van der Waals surface area contributed by atoms with Crippen LogP contribution < -0.4 is 10.6 Å². The number of aromatic nitrogens is 1. The van der Waals surface area contributed by atoms with Crippen molar-refractivity contribution in [3.05, 3.63) is 16.1 Å². The van der Waals surface area contributed by atoms with E-state index in [-0.39, 0.29) is 24.2 Å². The second kappa shape index (κ2) is 7.59. The van der Waals surface area contributed by atoms with Crippen LogP contribution in [0.1, 0.15) is 56.8 Å². The first-order valence-corrected chi connectivity index (χ1v) is 7.93. The molecule has 0 fully saturated rings. The third-order valence-corrected chi connectivity index (χ3v) is 4.58. The molecule has 0 aromatic carbocycles. The molecule has 1 aromatic rings. The Balaban J connectivity index is 2.64. The zero-order valence-electron chi connectivity index (χ0n) is 12.7. The summed E-state index contributed by atoms with van der Waals surface area (Å²) in [5.74, 6) is 0. The molecule has 0 aliphatic carbocycles. The van der Waals surface area contributed by atoms with Crippen LogP contribution in [0.3, 0.4) is 0 Å². The minimum absolute atomic E-state index is 0.0630. The van der Waals surface area contributed by atoms with E-state index in [0.29, 0.717) is 6.42 Å². The van der Waals surface area contributed by atoms with E-state index >= 15 is 0 Å². The molecule has 20 heavy (non-hydrogen) atoms. The molecule has 2 amide bonds. The molecule has 0 saturated heterocycles. The fourth-order valence-electron chi connectivity index (χ4n) is 1.91. The van der Waals surface area contributed by atoms with Gasteiger partial charge in [-0.25, -0.2) is 9.78 Å². The fraction of sp³-hybridized carbons (Fsp3) is 0.714. The number of hydrogen-bond donors (Lipinski definition) is 3. The van der Waals surface area contributed by atoms with Gasteiger partial charge >= 0.3 is 6.03 Å². The number of nitrogens with one attached hydrogen (secondary N) is 2. The van der Waals surface area contributed by atoms with Crippen molar-refractivity contribution >= 4 is 17.4 Å². The molecule has 6 heteroatoms. The molecule has 0 aliphatic heterocycles. The average Bonchev–Trinajstić information content (AvgIpc) is 2.82. The number of aliphatic hydroxyl groups is 1. The van der Waals surface area contributed by atoms with Crippen molar-refractivity contribution in [2.24, 2.45) is 0 Å². The van der Waals surface area contributed by atoms with Crippen molar-refractivity contribution in [2.45, 2.75) is 58.5 Å². The molecule has 0 bridgehead atoms. The molecular weight excluding hydrogens is 274 g/mol. The average molecular weight is 299 g/mol. The summed E-state index contributed by atoms with van der Waals surface area (Å²) in [6.07, 6.45) is 2.11. The van der Waals surface area contributed by atoms with Gasteiger partial charge in [-0.05, 0) is 33.1 Å². The van der Waals surface area contributed by atoms with Crippen molar-refractivity contribution in [3.63, 3.8) is 0 Å². The van der Waals surface area contributed by atoms with Gasteiger partial charge in [0.25, 0.3) is 0 Å². The second-order valence-electron chi connectivity index (χ2n) is 5.27. The maximum atomic E-state index is 12.1. The van der Waals surface area contributed by atoms with Gasteiger partial charge in [-0.3, -0.25) is 0 Å². The number of urea groups is 1. The Kier molecular flexibility index (Phi) is 6.42. The normalized spacial score (nSPS) is 15.4. The van der Waals surface area contributed by atoms with Gasteiger partial charge in [0.1, 0.15) is 5.01 Å². The van der Waals surface area contributed by atoms with Gasteiger partial charge in [-0.2, -0.15) is 0 Å². The summed E-state index contributed by atoms with van der Waals surface area (Å²) < 4.78 is 0. The van der Waals surface area contributed by atoms with Crippen LogP contribution in [0.5, 0.6) is 0 Å². The van der Waals surface area contributed by atoms with Gasteiger partial charge in [0.2, 0.25) is 0 Å². The first-order valence-electron chi connectivity index (χ1n) is 7.05. The maximum absolute atomic E-state index is 12.1. The summed E-state index contributed by atoms with van der Waals surface area (Å²) in [5.41, 5.74) is 0.597. The van der Waals surface area contributed by atoms with E-state index in [4.69, 9.17) is 5.11 Å². The number of aliphatic hydroxyl groups excluding tert-OH is 1. The lowest BCUT2D eigenvalue weighted by atomic mass is 9.95. The monoisotopic (exact) mass is 299 g/mol. The third kappa shape index (κ3) is 4.76.